The first-order valence-corrected chi connectivity index (χ1v) is 6.65. The molecule has 0 atom stereocenters. The van der Waals surface area contributed by atoms with Crippen LogP contribution in [0.25, 0.3) is 0 Å². The van der Waals surface area contributed by atoms with Gasteiger partial charge in [-0.2, -0.15) is 5.26 Å². The first-order valence-electron chi connectivity index (χ1n) is 6.65. The molecule has 1 aromatic carbocycles. The van der Waals surface area contributed by atoms with Crippen molar-refractivity contribution in [1.82, 2.24) is 0 Å². The molecule has 0 heterocycles. The fourth-order valence-corrected chi connectivity index (χ4v) is 1.47. The molecule has 0 aromatic heterocycles. The summed E-state index contributed by atoms with van der Waals surface area (Å²) in [4.78, 5) is 0. The number of nitriles is 1. The van der Waals surface area contributed by atoms with Crippen molar-refractivity contribution in [3.8, 4) is 11.8 Å². The van der Waals surface area contributed by atoms with Crippen LogP contribution in [0.4, 0.5) is 0 Å². The van der Waals surface area contributed by atoms with Crippen molar-refractivity contribution >= 4 is 0 Å². The lowest BCUT2D eigenvalue weighted by molar-refractivity contribution is 0.0438. The van der Waals surface area contributed by atoms with Gasteiger partial charge in [0.15, 0.2) is 0 Å². The molecule has 4 heteroatoms. The second kappa shape index (κ2) is 10.4. The molecule has 0 fully saturated rings. The van der Waals surface area contributed by atoms with Crippen molar-refractivity contribution in [2.24, 2.45) is 0 Å². The quantitative estimate of drug-likeness (QED) is 0.609. The molecule has 0 aliphatic carbocycles. The molecule has 0 saturated carbocycles. The van der Waals surface area contributed by atoms with Crippen molar-refractivity contribution in [3.63, 3.8) is 0 Å². The van der Waals surface area contributed by atoms with E-state index in [4.69, 9.17) is 19.5 Å². The van der Waals surface area contributed by atoms with E-state index in [0.29, 0.717) is 32.0 Å². The van der Waals surface area contributed by atoms with Crippen LogP contribution in [0.2, 0.25) is 0 Å². The van der Waals surface area contributed by atoms with Crippen LogP contribution < -0.4 is 4.74 Å². The highest BCUT2D eigenvalue weighted by Gasteiger charge is 1.96. The molecule has 4 nitrogen and oxygen atoms in total. The van der Waals surface area contributed by atoms with Crippen LogP contribution in [0.5, 0.6) is 5.75 Å². The van der Waals surface area contributed by atoms with Crippen molar-refractivity contribution in [3.05, 3.63) is 29.8 Å². The lowest BCUT2D eigenvalue weighted by Crippen LogP contribution is -2.08. The normalized spacial score (nSPS) is 10.1. The van der Waals surface area contributed by atoms with E-state index in [1.54, 1.807) is 12.1 Å². The van der Waals surface area contributed by atoms with Crippen molar-refractivity contribution in [1.29, 1.82) is 5.26 Å². The van der Waals surface area contributed by atoms with Gasteiger partial charge in [0.2, 0.25) is 0 Å². The van der Waals surface area contributed by atoms with E-state index in [9.17, 15) is 0 Å². The molecule has 0 N–H and O–H groups in total. The molecule has 19 heavy (non-hydrogen) atoms. The van der Waals surface area contributed by atoms with Crippen LogP contribution in [0.3, 0.4) is 0 Å². The average Bonchev–Trinajstić information content (AvgIpc) is 2.46. The van der Waals surface area contributed by atoms with Crippen molar-refractivity contribution in [2.45, 2.75) is 19.8 Å². The van der Waals surface area contributed by atoms with E-state index >= 15 is 0 Å². The van der Waals surface area contributed by atoms with E-state index in [0.717, 1.165) is 25.2 Å². The van der Waals surface area contributed by atoms with E-state index in [1.807, 2.05) is 12.1 Å². The maximum atomic E-state index is 8.75. The van der Waals surface area contributed by atoms with E-state index in [2.05, 4.69) is 13.0 Å². The fraction of sp³-hybridized carbons (Fsp3) is 0.533. The lowest BCUT2D eigenvalue weighted by Gasteiger charge is -2.07. The van der Waals surface area contributed by atoms with Gasteiger partial charge in [0.25, 0.3) is 0 Å². The number of hydrogen-bond acceptors (Lipinski definition) is 4. The predicted octanol–water partition coefficient (Wildman–Crippen LogP) is 2.77. The summed E-state index contributed by atoms with van der Waals surface area (Å²) in [5.74, 6) is 0.727. The Balaban J connectivity index is 2.00. The Morgan fingerprint density at radius 3 is 2.58 bits per heavy atom. The van der Waals surface area contributed by atoms with Gasteiger partial charge < -0.3 is 14.2 Å². The van der Waals surface area contributed by atoms with Gasteiger partial charge in [-0.1, -0.05) is 13.0 Å². The second-order valence-electron chi connectivity index (χ2n) is 4.07. The molecule has 1 rings (SSSR count). The standard InChI is InChI=1S/C15H21NO3/c1-2-7-17-10-11-18-8-4-9-19-15-6-3-5-14(12-15)13-16/h3,5-6,12H,2,4,7-11H2,1H3. The number of ether oxygens (including phenoxy) is 3. The summed E-state index contributed by atoms with van der Waals surface area (Å²) >= 11 is 0. The molecule has 0 saturated heterocycles. The molecule has 0 bridgehead atoms. The van der Waals surface area contributed by atoms with E-state index in [1.165, 1.54) is 0 Å². The fourth-order valence-electron chi connectivity index (χ4n) is 1.47. The van der Waals surface area contributed by atoms with Gasteiger partial charge in [0, 0.05) is 19.6 Å². The minimum Gasteiger partial charge on any atom is -0.493 e. The SMILES string of the molecule is CCCOCCOCCCOc1cccc(C#N)c1. The first-order chi connectivity index (χ1) is 9.36. The summed E-state index contributed by atoms with van der Waals surface area (Å²) < 4.78 is 16.2. The zero-order valence-electron chi connectivity index (χ0n) is 11.4. The minimum absolute atomic E-state index is 0.588. The van der Waals surface area contributed by atoms with Gasteiger partial charge in [0.05, 0.1) is 31.5 Å². The van der Waals surface area contributed by atoms with Gasteiger partial charge in [0.1, 0.15) is 5.75 Å². The highest BCUT2D eigenvalue weighted by Crippen LogP contribution is 2.12. The number of nitrogens with zero attached hydrogens (tertiary/aromatic N) is 1. The molecular formula is C15H21NO3. The Morgan fingerprint density at radius 1 is 1.05 bits per heavy atom. The first kappa shape index (κ1) is 15.5. The summed E-state index contributed by atoms with van der Waals surface area (Å²) in [7, 11) is 0. The highest BCUT2D eigenvalue weighted by molar-refractivity contribution is 5.36. The van der Waals surface area contributed by atoms with E-state index < -0.39 is 0 Å². The molecule has 0 amide bonds. The Labute approximate surface area is 114 Å². The lowest BCUT2D eigenvalue weighted by atomic mass is 10.2. The molecular weight excluding hydrogens is 242 g/mol. The number of benzene rings is 1. The van der Waals surface area contributed by atoms with Gasteiger partial charge in [-0.3, -0.25) is 0 Å². The topological polar surface area (TPSA) is 51.5 Å². The van der Waals surface area contributed by atoms with Crippen LogP contribution in [0.1, 0.15) is 25.3 Å². The zero-order valence-corrected chi connectivity index (χ0v) is 11.4. The zero-order chi connectivity index (χ0) is 13.8. The second-order valence-corrected chi connectivity index (χ2v) is 4.07. The number of hydrogen-bond donors (Lipinski definition) is 0. The minimum atomic E-state index is 0.588. The maximum absolute atomic E-state index is 8.75. The van der Waals surface area contributed by atoms with Crippen LogP contribution in [-0.4, -0.2) is 33.0 Å². The Morgan fingerprint density at radius 2 is 1.84 bits per heavy atom. The third-order valence-corrected chi connectivity index (χ3v) is 2.39. The maximum Gasteiger partial charge on any atom is 0.120 e. The molecule has 0 radical (unpaired) electrons. The monoisotopic (exact) mass is 263 g/mol. The largest absolute Gasteiger partial charge is 0.493 e. The summed E-state index contributed by atoms with van der Waals surface area (Å²) in [5, 5.41) is 8.75. The van der Waals surface area contributed by atoms with Gasteiger partial charge >= 0.3 is 0 Å². The molecule has 0 aliphatic rings. The van der Waals surface area contributed by atoms with Crippen molar-refractivity contribution in [2.75, 3.05) is 33.0 Å². The van der Waals surface area contributed by atoms with Gasteiger partial charge in [-0.15, -0.1) is 0 Å². The summed E-state index contributed by atoms with van der Waals surface area (Å²) in [6.07, 6.45) is 1.86. The third kappa shape index (κ3) is 7.45. The van der Waals surface area contributed by atoms with Crippen LogP contribution in [0, 0.1) is 11.3 Å². The van der Waals surface area contributed by atoms with Gasteiger partial charge in [-0.05, 0) is 24.6 Å². The molecule has 0 spiro atoms. The molecule has 0 aliphatic heterocycles. The molecule has 0 unspecified atom stereocenters. The number of rotatable bonds is 10. The van der Waals surface area contributed by atoms with Crippen LogP contribution in [-0.2, 0) is 9.47 Å². The smallest absolute Gasteiger partial charge is 0.120 e. The predicted molar refractivity (Wildman–Crippen MR) is 73.2 cm³/mol. The molecule has 104 valence electrons. The Hall–Kier alpha value is -1.57. The highest BCUT2D eigenvalue weighted by atomic mass is 16.5. The average molecular weight is 263 g/mol. The summed E-state index contributed by atoms with van der Waals surface area (Å²) in [6.45, 7) is 5.40. The van der Waals surface area contributed by atoms with Crippen LogP contribution >= 0.6 is 0 Å². The Kier molecular flexibility index (Phi) is 8.45. The van der Waals surface area contributed by atoms with Crippen LogP contribution in [0.15, 0.2) is 24.3 Å². The molecule has 1 aromatic rings. The Bertz CT molecular complexity index is 387. The van der Waals surface area contributed by atoms with Gasteiger partial charge in [-0.25, -0.2) is 0 Å². The third-order valence-electron chi connectivity index (χ3n) is 2.39. The summed E-state index contributed by atoms with van der Waals surface area (Å²) in [6, 6.07) is 9.24. The summed E-state index contributed by atoms with van der Waals surface area (Å²) in [5.41, 5.74) is 0.613. The van der Waals surface area contributed by atoms with Crippen molar-refractivity contribution < 1.29 is 14.2 Å². The van der Waals surface area contributed by atoms with E-state index in [-0.39, 0.29) is 0 Å².